The van der Waals surface area contributed by atoms with Crippen molar-refractivity contribution in [2.75, 3.05) is 19.6 Å². The lowest BCUT2D eigenvalue weighted by Crippen LogP contribution is -2.37. The second-order valence-electron chi connectivity index (χ2n) is 3.06. The van der Waals surface area contributed by atoms with E-state index in [0.717, 1.165) is 0 Å². The van der Waals surface area contributed by atoms with Gasteiger partial charge in [0.15, 0.2) is 0 Å². The van der Waals surface area contributed by atoms with Gasteiger partial charge in [-0.3, -0.25) is 14.4 Å². The van der Waals surface area contributed by atoms with Gasteiger partial charge in [0.05, 0.1) is 13.0 Å². The van der Waals surface area contributed by atoms with E-state index in [2.05, 4.69) is 5.32 Å². The zero-order valence-electron chi connectivity index (χ0n) is 7.65. The van der Waals surface area contributed by atoms with Crippen LogP contribution in [0.15, 0.2) is 0 Å². The summed E-state index contributed by atoms with van der Waals surface area (Å²) in [5.41, 5.74) is 0. The molecular formula is C8H12N2O4. The van der Waals surface area contributed by atoms with Crippen LogP contribution in [0.4, 0.5) is 0 Å². The van der Waals surface area contributed by atoms with Crippen molar-refractivity contribution >= 4 is 17.8 Å². The van der Waals surface area contributed by atoms with Gasteiger partial charge in [-0.05, 0) is 0 Å². The molecule has 0 unspecified atom stereocenters. The van der Waals surface area contributed by atoms with E-state index in [-0.39, 0.29) is 37.7 Å². The molecule has 0 aliphatic carbocycles. The first-order valence-corrected chi connectivity index (χ1v) is 4.36. The molecule has 0 saturated carbocycles. The Hall–Kier alpha value is -1.59. The van der Waals surface area contributed by atoms with Crippen molar-refractivity contribution in [2.45, 2.75) is 12.8 Å². The molecule has 0 aromatic rings. The van der Waals surface area contributed by atoms with E-state index in [1.807, 2.05) is 0 Å². The summed E-state index contributed by atoms with van der Waals surface area (Å²) in [6.07, 6.45) is 0.115. The van der Waals surface area contributed by atoms with Gasteiger partial charge in [0.2, 0.25) is 11.8 Å². The summed E-state index contributed by atoms with van der Waals surface area (Å²) < 4.78 is 0. The Morgan fingerprint density at radius 1 is 1.50 bits per heavy atom. The molecule has 2 N–H and O–H groups in total. The number of nitrogens with zero attached hydrogens (tertiary/aromatic N) is 1. The number of nitrogens with one attached hydrogen (secondary N) is 1. The van der Waals surface area contributed by atoms with Crippen LogP contribution in [0, 0.1) is 0 Å². The Morgan fingerprint density at radius 3 is 2.86 bits per heavy atom. The maximum atomic E-state index is 11.3. The average molecular weight is 200 g/mol. The third-order valence-electron chi connectivity index (χ3n) is 1.94. The fraction of sp³-hybridized carbons (Fsp3) is 0.625. The van der Waals surface area contributed by atoms with Crippen LogP contribution in [0.5, 0.6) is 0 Å². The van der Waals surface area contributed by atoms with E-state index in [9.17, 15) is 14.4 Å². The molecule has 78 valence electrons. The van der Waals surface area contributed by atoms with Crippen LogP contribution in [0.2, 0.25) is 0 Å². The lowest BCUT2D eigenvalue weighted by atomic mass is 10.3. The standard InChI is InChI=1S/C8H12N2O4/c11-6-5-10(4-2-8(13)14)7(12)1-3-9-6/h1-5H2,(H,9,11)(H,13,14). The second-order valence-corrected chi connectivity index (χ2v) is 3.06. The first-order chi connectivity index (χ1) is 6.59. The van der Waals surface area contributed by atoms with E-state index < -0.39 is 5.97 Å². The predicted octanol–water partition coefficient (Wildman–Crippen LogP) is -1.19. The monoisotopic (exact) mass is 200 g/mol. The molecule has 14 heavy (non-hydrogen) atoms. The minimum absolute atomic E-state index is 0.0356. The molecule has 6 nitrogen and oxygen atoms in total. The number of rotatable bonds is 3. The van der Waals surface area contributed by atoms with Crippen molar-refractivity contribution in [3.63, 3.8) is 0 Å². The predicted molar refractivity (Wildman–Crippen MR) is 46.5 cm³/mol. The van der Waals surface area contributed by atoms with Gasteiger partial charge < -0.3 is 15.3 Å². The first-order valence-electron chi connectivity index (χ1n) is 4.36. The maximum Gasteiger partial charge on any atom is 0.305 e. The molecule has 0 radical (unpaired) electrons. The molecule has 1 saturated heterocycles. The van der Waals surface area contributed by atoms with Gasteiger partial charge in [0, 0.05) is 19.5 Å². The minimum atomic E-state index is -0.970. The number of carboxylic acid groups (broad SMARTS) is 1. The lowest BCUT2D eigenvalue weighted by Gasteiger charge is -2.17. The molecule has 0 aromatic heterocycles. The zero-order chi connectivity index (χ0) is 10.6. The van der Waals surface area contributed by atoms with Crippen molar-refractivity contribution in [1.29, 1.82) is 0 Å². The van der Waals surface area contributed by atoms with Crippen molar-refractivity contribution in [3.8, 4) is 0 Å². The number of aliphatic carboxylic acids is 1. The molecule has 6 heteroatoms. The fourth-order valence-electron chi connectivity index (χ4n) is 1.22. The first kappa shape index (κ1) is 10.5. The largest absolute Gasteiger partial charge is 0.481 e. The highest BCUT2D eigenvalue weighted by Gasteiger charge is 2.20. The normalized spacial score (nSPS) is 17.6. The highest BCUT2D eigenvalue weighted by molar-refractivity contribution is 5.87. The minimum Gasteiger partial charge on any atom is -0.481 e. The van der Waals surface area contributed by atoms with Crippen molar-refractivity contribution in [2.24, 2.45) is 0 Å². The van der Waals surface area contributed by atoms with Crippen LogP contribution in [0.1, 0.15) is 12.8 Å². The van der Waals surface area contributed by atoms with Crippen LogP contribution in [0.3, 0.4) is 0 Å². The third-order valence-corrected chi connectivity index (χ3v) is 1.94. The SMILES string of the molecule is O=C(O)CCN1CC(=O)NCCC1=O. The third kappa shape index (κ3) is 3.04. The summed E-state index contributed by atoms with van der Waals surface area (Å²) in [5.74, 6) is -1.38. The van der Waals surface area contributed by atoms with Crippen LogP contribution in [-0.4, -0.2) is 47.4 Å². The summed E-state index contributed by atoms with van der Waals surface area (Å²) in [4.78, 5) is 33.9. The lowest BCUT2D eigenvalue weighted by molar-refractivity contribution is -0.139. The van der Waals surface area contributed by atoms with Gasteiger partial charge in [-0.15, -0.1) is 0 Å². The quantitative estimate of drug-likeness (QED) is 0.599. The molecule has 0 aromatic carbocycles. The summed E-state index contributed by atoms with van der Waals surface area (Å²) >= 11 is 0. The van der Waals surface area contributed by atoms with E-state index in [0.29, 0.717) is 6.54 Å². The molecule has 0 atom stereocenters. The van der Waals surface area contributed by atoms with E-state index in [1.165, 1.54) is 4.90 Å². The molecule has 2 amide bonds. The van der Waals surface area contributed by atoms with E-state index >= 15 is 0 Å². The molecule has 0 bridgehead atoms. The molecule has 1 aliphatic rings. The molecule has 1 heterocycles. The Labute approximate surface area is 80.9 Å². The number of hydrogen-bond acceptors (Lipinski definition) is 3. The molecule has 1 aliphatic heterocycles. The summed E-state index contributed by atoms with van der Waals surface area (Å²) in [6.45, 7) is 0.398. The molecule has 1 fully saturated rings. The van der Waals surface area contributed by atoms with E-state index in [1.54, 1.807) is 0 Å². The number of hydrogen-bond donors (Lipinski definition) is 2. The number of amides is 2. The van der Waals surface area contributed by atoms with Crippen molar-refractivity contribution in [3.05, 3.63) is 0 Å². The highest BCUT2D eigenvalue weighted by Crippen LogP contribution is 1.99. The van der Waals surface area contributed by atoms with Crippen LogP contribution in [0.25, 0.3) is 0 Å². The Bertz CT molecular complexity index is 264. The number of carbonyl (C=O) groups is 3. The van der Waals surface area contributed by atoms with Crippen molar-refractivity contribution in [1.82, 2.24) is 10.2 Å². The second kappa shape index (κ2) is 4.59. The smallest absolute Gasteiger partial charge is 0.305 e. The molecule has 0 spiro atoms. The van der Waals surface area contributed by atoms with Crippen LogP contribution < -0.4 is 5.32 Å². The molecular weight excluding hydrogens is 188 g/mol. The highest BCUT2D eigenvalue weighted by atomic mass is 16.4. The van der Waals surface area contributed by atoms with E-state index in [4.69, 9.17) is 5.11 Å². The van der Waals surface area contributed by atoms with Crippen LogP contribution >= 0.6 is 0 Å². The van der Waals surface area contributed by atoms with Gasteiger partial charge >= 0.3 is 5.97 Å². The Morgan fingerprint density at radius 2 is 2.21 bits per heavy atom. The van der Waals surface area contributed by atoms with Crippen molar-refractivity contribution < 1.29 is 19.5 Å². The number of carbonyl (C=O) groups excluding carboxylic acids is 2. The summed E-state index contributed by atoms with van der Waals surface area (Å²) in [6, 6.07) is 0. The maximum absolute atomic E-state index is 11.3. The fourth-order valence-corrected chi connectivity index (χ4v) is 1.22. The van der Waals surface area contributed by atoms with Crippen LogP contribution in [-0.2, 0) is 14.4 Å². The van der Waals surface area contributed by atoms with Gasteiger partial charge in [-0.2, -0.15) is 0 Å². The topological polar surface area (TPSA) is 86.7 Å². The average Bonchev–Trinajstić information content (AvgIpc) is 2.25. The Balaban J connectivity index is 2.50. The van der Waals surface area contributed by atoms with Gasteiger partial charge in [0.25, 0.3) is 0 Å². The Kier molecular flexibility index (Phi) is 3.44. The number of carboxylic acids is 1. The van der Waals surface area contributed by atoms with Gasteiger partial charge in [-0.1, -0.05) is 0 Å². The summed E-state index contributed by atoms with van der Waals surface area (Å²) in [7, 11) is 0. The van der Waals surface area contributed by atoms with Gasteiger partial charge in [0.1, 0.15) is 0 Å². The zero-order valence-corrected chi connectivity index (χ0v) is 7.65. The molecule has 1 rings (SSSR count). The van der Waals surface area contributed by atoms with Gasteiger partial charge in [-0.25, -0.2) is 0 Å². The summed E-state index contributed by atoms with van der Waals surface area (Å²) in [5, 5.41) is 11.0.